The highest BCUT2D eigenvalue weighted by Crippen LogP contribution is 2.36. The first kappa shape index (κ1) is 17.6. The molecule has 2 N–H and O–H groups in total. The van der Waals surface area contributed by atoms with Gasteiger partial charge in [-0.3, -0.25) is 4.79 Å². The summed E-state index contributed by atoms with van der Waals surface area (Å²) in [6.07, 6.45) is 10.3. The van der Waals surface area contributed by atoms with Crippen molar-refractivity contribution in [1.82, 2.24) is 15.2 Å². The molecule has 0 aliphatic heterocycles. The number of nitrogens with one attached hydrogen (secondary N) is 2. The van der Waals surface area contributed by atoms with Crippen LogP contribution in [-0.2, 0) is 6.42 Å². The molecule has 1 amide bonds. The van der Waals surface area contributed by atoms with Gasteiger partial charge in [-0.25, -0.2) is 0 Å². The van der Waals surface area contributed by atoms with Gasteiger partial charge in [0.05, 0.1) is 0 Å². The average molecular weight is 354 g/mol. The van der Waals surface area contributed by atoms with Gasteiger partial charge in [0.25, 0.3) is 5.91 Å². The Bertz CT molecular complexity index is 788. The second-order valence-corrected chi connectivity index (χ2v) is 8.04. The highest BCUT2D eigenvalue weighted by atomic mass is 16.2. The molecule has 0 spiro atoms. The van der Waals surface area contributed by atoms with Crippen molar-refractivity contribution in [2.24, 2.45) is 0 Å². The first-order valence-corrected chi connectivity index (χ1v) is 10.3. The summed E-state index contributed by atoms with van der Waals surface area (Å²) in [4.78, 5) is 18.0. The number of amides is 1. The highest BCUT2D eigenvalue weighted by Gasteiger charge is 2.27. The summed E-state index contributed by atoms with van der Waals surface area (Å²) in [7, 11) is 1.86. The largest absolute Gasteiger partial charge is 0.357 e. The van der Waals surface area contributed by atoms with Gasteiger partial charge in [-0.1, -0.05) is 19.3 Å². The Hall–Kier alpha value is -1.81. The number of hydrogen-bond donors (Lipinski definition) is 2. The highest BCUT2D eigenvalue weighted by molar-refractivity contribution is 5.99. The standard InChI is InChI=1S/C22H31N3O/c1-3-25(2)22(26)15-12-13-19-18(14-15)17-10-7-11-20(21(17)24-19)23-16-8-5-4-6-9-16/h12-14,16,20,23-24H,3-11H2,1-2H3. The van der Waals surface area contributed by atoms with E-state index < -0.39 is 0 Å². The van der Waals surface area contributed by atoms with Crippen molar-refractivity contribution < 1.29 is 4.79 Å². The Balaban J connectivity index is 1.64. The average Bonchev–Trinajstić information content (AvgIpc) is 3.06. The molecule has 2 aliphatic carbocycles. The van der Waals surface area contributed by atoms with Gasteiger partial charge in [-0.2, -0.15) is 0 Å². The van der Waals surface area contributed by atoms with E-state index in [0.29, 0.717) is 12.1 Å². The maximum absolute atomic E-state index is 12.5. The van der Waals surface area contributed by atoms with Gasteiger partial charge in [0.15, 0.2) is 0 Å². The summed E-state index contributed by atoms with van der Waals surface area (Å²) in [5.41, 5.74) is 4.76. The fourth-order valence-electron chi connectivity index (χ4n) is 4.68. The minimum Gasteiger partial charge on any atom is -0.357 e. The molecule has 2 aliphatic rings. The first-order chi connectivity index (χ1) is 12.7. The minimum atomic E-state index is 0.108. The molecule has 26 heavy (non-hydrogen) atoms. The lowest BCUT2D eigenvalue weighted by molar-refractivity contribution is 0.0802. The predicted octanol–water partition coefficient (Wildman–Crippen LogP) is 4.56. The molecule has 140 valence electrons. The lowest BCUT2D eigenvalue weighted by Crippen LogP contribution is -2.36. The van der Waals surface area contributed by atoms with Gasteiger partial charge in [-0.15, -0.1) is 0 Å². The number of carbonyl (C=O) groups is 1. The normalized spacial score (nSPS) is 20.9. The molecule has 4 heteroatoms. The molecule has 0 bridgehead atoms. The van der Waals surface area contributed by atoms with Gasteiger partial charge in [0, 0.05) is 47.8 Å². The third kappa shape index (κ3) is 3.27. The molecule has 1 aromatic heterocycles. The second-order valence-electron chi connectivity index (χ2n) is 8.04. The zero-order valence-electron chi connectivity index (χ0n) is 16.1. The van der Waals surface area contributed by atoms with Gasteiger partial charge in [0.2, 0.25) is 0 Å². The molecule has 1 atom stereocenters. The van der Waals surface area contributed by atoms with Crippen LogP contribution in [0.2, 0.25) is 0 Å². The summed E-state index contributed by atoms with van der Waals surface area (Å²) in [6.45, 7) is 2.74. The molecule has 1 fully saturated rings. The number of H-pyrrole nitrogens is 1. The van der Waals surface area contributed by atoms with Crippen LogP contribution in [0.5, 0.6) is 0 Å². The van der Waals surface area contributed by atoms with E-state index in [0.717, 1.165) is 18.5 Å². The molecule has 4 rings (SSSR count). The van der Waals surface area contributed by atoms with Crippen molar-refractivity contribution in [3.8, 4) is 0 Å². The minimum absolute atomic E-state index is 0.108. The van der Waals surface area contributed by atoms with Crippen molar-refractivity contribution in [1.29, 1.82) is 0 Å². The van der Waals surface area contributed by atoms with Crippen molar-refractivity contribution in [3.05, 3.63) is 35.0 Å². The summed E-state index contributed by atoms with van der Waals surface area (Å²) in [5, 5.41) is 5.17. The summed E-state index contributed by atoms with van der Waals surface area (Å²) >= 11 is 0. The van der Waals surface area contributed by atoms with E-state index in [4.69, 9.17) is 0 Å². The van der Waals surface area contributed by atoms with Gasteiger partial charge in [0.1, 0.15) is 0 Å². The topological polar surface area (TPSA) is 48.1 Å². The Labute approximate surface area is 156 Å². The molecule has 1 aromatic carbocycles. The molecule has 1 unspecified atom stereocenters. The maximum atomic E-state index is 12.5. The molecule has 0 radical (unpaired) electrons. The van der Waals surface area contributed by atoms with Gasteiger partial charge in [-0.05, 0) is 62.8 Å². The fraction of sp³-hybridized carbons (Fsp3) is 0.591. The van der Waals surface area contributed by atoms with E-state index in [1.807, 2.05) is 20.0 Å². The molecule has 2 aromatic rings. The van der Waals surface area contributed by atoms with E-state index in [1.165, 1.54) is 67.1 Å². The summed E-state index contributed by atoms with van der Waals surface area (Å²) < 4.78 is 0. The van der Waals surface area contributed by atoms with Gasteiger partial charge >= 0.3 is 0 Å². The molecule has 4 nitrogen and oxygen atoms in total. The first-order valence-electron chi connectivity index (χ1n) is 10.3. The van der Waals surface area contributed by atoms with Crippen LogP contribution >= 0.6 is 0 Å². The zero-order valence-corrected chi connectivity index (χ0v) is 16.1. The van der Waals surface area contributed by atoms with Crippen LogP contribution in [-0.4, -0.2) is 35.4 Å². The third-order valence-electron chi connectivity index (χ3n) is 6.32. The van der Waals surface area contributed by atoms with Crippen LogP contribution in [0.25, 0.3) is 10.9 Å². The number of nitrogens with zero attached hydrogens (tertiary/aromatic N) is 1. The lowest BCUT2D eigenvalue weighted by atomic mass is 9.89. The second kappa shape index (κ2) is 7.43. The van der Waals surface area contributed by atoms with Crippen LogP contribution in [0.15, 0.2) is 18.2 Å². The number of hydrogen-bond acceptors (Lipinski definition) is 2. The Morgan fingerprint density at radius 2 is 2.00 bits per heavy atom. The molecular formula is C22H31N3O. The zero-order chi connectivity index (χ0) is 18.1. The third-order valence-corrected chi connectivity index (χ3v) is 6.32. The van der Waals surface area contributed by atoms with Crippen LogP contribution in [0.4, 0.5) is 0 Å². The number of benzene rings is 1. The SMILES string of the molecule is CCN(C)C(=O)c1ccc2[nH]c3c(c2c1)CCCC3NC1CCCCC1. The van der Waals surface area contributed by atoms with E-state index in [1.54, 1.807) is 4.90 Å². The van der Waals surface area contributed by atoms with Crippen molar-refractivity contribution >= 4 is 16.8 Å². The molecule has 1 saturated carbocycles. The molecule has 0 saturated heterocycles. The van der Waals surface area contributed by atoms with Crippen LogP contribution < -0.4 is 5.32 Å². The van der Waals surface area contributed by atoms with E-state index in [-0.39, 0.29) is 5.91 Å². The van der Waals surface area contributed by atoms with E-state index >= 15 is 0 Å². The number of fused-ring (bicyclic) bond motifs is 3. The number of carbonyl (C=O) groups excluding carboxylic acids is 1. The monoisotopic (exact) mass is 353 g/mol. The van der Waals surface area contributed by atoms with Crippen LogP contribution in [0.1, 0.15) is 79.5 Å². The fourth-order valence-corrected chi connectivity index (χ4v) is 4.68. The quantitative estimate of drug-likeness (QED) is 0.846. The van der Waals surface area contributed by atoms with Crippen molar-refractivity contribution in [3.63, 3.8) is 0 Å². The maximum Gasteiger partial charge on any atom is 0.253 e. The van der Waals surface area contributed by atoms with E-state index in [9.17, 15) is 4.79 Å². The Morgan fingerprint density at radius 1 is 1.19 bits per heavy atom. The van der Waals surface area contributed by atoms with Gasteiger partial charge < -0.3 is 15.2 Å². The van der Waals surface area contributed by atoms with Crippen LogP contribution in [0.3, 0.4) is 0 Å². The Kier molecular flexibility index (Phi) is 5.03. The van der Waals surface area contributed by atoms with E-state index in [2.05, 4.69) is 22.4 Å². The smallest absolute Gasteiger partial charge is 0.253 e. The number of aromatic nitrogens is 1. The summed E-state index contributed by atoms with van der Waals surface area (Å²) in [5.74, 6) is 0.108. The van der Waals surface area contributed by atoms with Crippen LogP contribution in [0, 0.1) is 0 Å². The number of aromatic amines is 1. The van der Waals surface area contributed by atoms with Crippen molar-refractivity contribution in [2.45, 2.75) is 70.4 Å². The molecule has 1 heterocycles. The van der Waals surface area contributed by atoms with Crippen molar-refractivity contribution in [2.75, 3.05) is 13.6 Å². The molecular weight excluding hydrogens is 322 g/mol. The summed E-state index contributed by atoms with van der Waals surface area (Å²) in [6, 6.07) is 7.25. The predicted molar refractivity (Wildman–Crippen MR) is 107 cm³/mol. The Morgan fingerprint density at radius 3 is 2.77 bits per heavy atom. The number of aryl methyl sites for hydroxylation is 1. The number of rotatable bonds is 4. The lowest BCUT2D eigenvalue weighted by Gasteiger charge is -2.31.